The summed E-state index contributed by atoms with van der Waals surface area (Å²) in [5, 5.41) is 9.39. The van der Waals surface area contributed by atoms with Crippen molar-refractivity contribution >= 4 is 11.6 Å². The normalized spacial score (nSPS) is 20.1. The minimum Gasteiger partial charge on any atom is -0.399 e. The van der Waals surface area contributed by atoms with Crippen molar-refractivity contribution in [2.75, 3.05) is 18.8 Å². The van der Waals surface area contributed by atoms with Gasteiger partial charge in [0.15, 0.2) is 0 Å². The first-order valence-corrected chi connectivity index (χ1v) is 5.41. The van der Waals surface area contributed by atoms with Crippen LogP contribution in [0.25, 0.3) is 0 Å². The summed E-state index contributed by atoms with van der Waals surface area (Å²) in [7, 11) is 0. The molecule has 1 aliphatic heterocycles. The van der Waals surface area contributed by atoms with Crippen molar-refractivity contribution in [1.29, 1.82) is 0 Å². The number of aliphatic hydroxyl groups is 1. The zero-order valence-corrected chi connectivity index (χ0v) is 9.31. The molecule has 1 fully saturated rings. The Bertz CT molecular complexity index is 397. The average Bonchev–Trinajstić information content (AvgIpc) is 2.62. The molecule has 86 valence electrons. The summed E-state index contributed by atoms with van der Waals surface area (Å²) in [5.74, 6) is -0.0491. The average molecular weight is 220 g/mol. The molecule has 4 heteroatoms. The van der Waals surface area contributed by atoms with Gasteiger partial charge >= 0.3 is 0 Å². The van der Waals surface area contributed by atoms with E-state index in [1.54, 1.807) is 11.0 Å². The van der Waals surface area contributed by atoms with Gasteiger partial charge in [-0.25, -0.2) is 0 Å². The smallest absolute Gasteiger partial charge is 0.254 e. The van der Waals surface area contributed by atoms with Crippen LogP contribution in [0.1, 0.15) is 22.3 Å². The van der Waals surface area contributed by atoms with Gasteiger partial charge in [-0.2, -0.15) is 0 Å². The van der Waals surface area contributed by atoms with Crippen LogP contribution in [-0.4, -0.2) is 35.1 Å². The number of amides is 1. The minimum atomic E-state index is -0.383. The SMILES string of the molecule is Cc1cc(N)cc(C(=O)N2CCC(O)C2)c1. The second-order valence-electron chi connectivity index (χ2n) is 4.33. The van der Waals surface area contributed by atoms with Crippen LogP contribution in [0.5, 0.6) is 0 Å². The highest BCUT2D eigenvalue weighted by Gasteiger charge is 2.25. The Kier molecular flexibility index (Phi) is 2.83. The van der Waals surface area contributed by atoms with E-state index in [2.05, 4.69) is 0 Å². The van der Waals surface area contributed by atoms with Gasteiger partial charge in [0.05, 0.1) is 6.10 Å². The predicted octanol–water partition coefficient (Wildman–Crippen LogP) is 0.784. The Hall–Kier alpha value is -1.55. The summed E-state index contributed by atoms with van der Waals surface area (Å²) >= 11 is 0. The van der Waals surface area contributed by atoms with Gasteiger partial charge in [0, 0.05) is 24.3 Å². The van der Waals surface area contributed by atoms with E-state index in [4.69, 9.17) is 5.73 Å². The van der Waals surface area contributed by atoms with Crippen LogP contribution in [0.2, 0.25) is 0 Å². The maximum Gasteiger partial charge on any atom is 0.254 e. The lowest BCUT2D eigenvalue weighted by Crippen LogP contribution is -2.29. The van der Waals surface area contributed by atoms with Gasteiger partial charge in [-0.15, -0.1) is 0 Å². The van der Waals surface area contributed by atoms with E-state index < -0.39 is 0 Å². The molecule has 0 saturated carbocycles. The third-order valence-corrected chi connectivity index (χ3v) is 2.80. The monoisotopic (exact) mass is 220 g/mol. The largest absolute Gasteiger partial charge is 0.399 e. The zero-order valence-electron chi connectivity index (χ0n) is 9.31. The molecule has 4 nitrogen and oxygen atoms in total. The van der Waals surface area contributed by atoms with Crippen molar-refractivity contribution in [2.45, 2.75) is 19.4 Å². The molecule has 0 spiro atoms. The quantitative estimate of drug-likeness (QED) is 0.687. The van der Waals surface area contributed by atoms with Crippen molar-refractivity contribution in [2.24, 2.45) is 0 Å². The topological polar surface area (TPSA) is 66.6 Å². The number of nitrogens with two attached hydrogens (primary N) is 1. The fourth-order valence-electron chi connectivity index (χ4n) is 2.05. The van der Waals surface area contributed by atoms with Gasteiger partial charge in [0.2, 0.25) is 0 Å². The van der Waals surface area contributed by atoms with Crippen LogP contribution in [-0.2, 0) is 0 Å². The van der Waals surface area contributed by atoms with Crippen LogP contribution in [0.15, 0.2) is 18.2 Å². The molecule has 16 heavy (non-hydrogen) atoms. The van der Waals surface area contributed by atoms with Crippen molar-refractivity contribution in [1.82, 2.24) is 4.90 Å². The van der Waals surface area contributed by atoms with Gasteiger partial charge in [-0.3, -0.25) is 4.79 Å². The highest BCUT2D eigenvalue weighted by atomic mass is 16.3. The van der Waals surface area contributed by atoms with Crippen molar-refractivity contribution in [3.05, 3.63) is 29.3 Å². The number of β-amino-alcohol motifs (C(OH)–C–C–N with tert-alkyl or cyclic N) is 1. The van der Waals surface area contributed by atoms with E-state index in [0.29, 0.717) is 30.8 Å². The molecule has 1 aromatic rings. The van der Waals surface area contributed by atoms with Crippen LogP contribution < -0.4 is 5.73 Å². The van der Waals surface area contributed by atoms with Crippen molar-refractivity contribution in [3.63, 3.8) is 0 Å². The molecule has 1 unspecified atom stereocenters. The van der Waals surface area contributed by atoms with Crippen LogP contribution in [0, 0.1) is 6.92 Å². The summed E-state index contributed by atoms with van der Waals surface area (Å²) in [4.78, 5) is 13.7. The highest BCUT2D eigenvalue weighted by Crippen LogP contribution is 2.17. The number of anilines is 1. The predicted molar refractivity (Wildman–Crippen MR) is 62.1 cm³/mol. The van der Waals surface area contributed by atoms with E-state index in [1.807, 2.05) is 19.1 Å². The third kappa shape index (κ3) is 2.17. The molecule has 1 amide bonds. The molecule has 0 aliphatic carbocycles. The maximum absolute atomic E-state index is 12.1. The standard InChI is InChI=1S/C12H16N2O2/c1-8-4-9(6-10(13)5-8)12(16)14-3-2-11(15)7-14/h4-6,11,15H,2-3,7,13H2,1H3. The van der Waals surface area contributed by atoms with Crippen LogP contribution >= 0.6 is 0 Å². The molecule has 0 aromatic heterocycles. The Morgan fingerprint density at radius 3 is 2.81 bits per heavy atom. The summed E-state index contributed by atoms with van der Waals surface area (Å²) in [6, 6.07) is 5.33. The molecular formula is C12H16N2O2. The number of carbonyl (C=O) groups is 1. The third-order valence-electron chi connectivity index (χ3n) is 2.80. The Balaban J connectivity index is 2.20. The van der Waals surface area contributed by atoms with E-state index in [0.717, 1.165) is 5.56 Å². The van der Waals surface area contributed by atoms with E-state index in [9.17, 15) is 9.90 Å². The first-order valence-electron chi connectivity index (χ1n) is 5.41. The van der Waals surface area contributed by atoms with Gasteiger partial charge in [0.25, 0.3) is 5.91 Å². The number of benzene rings is 1. The lowest BCUT2D eigenvalue weighted by molar-refractivity contribution is 0.0765. The van der Waals surface area contributed by atoms with Crippen molar-refractivity contribution < 1.29 is 9.90 Å². The molecule has 2 rings (SSSR count). The molecule has 1 aromatic carbocycles. The zero-order chi connectivity index (χ0) is 11.7. The number of nitrogens with zero attached hydrogens (tertiary/aromatic N) is 1. The summed E-state index contributed by atoms with van der Waals surface area (Å²) in [5.41, 5.74) is 7.88. The Labute approximate surface area is 94.7 Å². The summed E-state index contributed by atoms with van der Waals surface area (Å²) < 4.78 is 0. The molecule has 0 bridgehead atoms. The molecule has 1 aliphatic rings. The number of hydrogen-bond donors (Lipinski definition) is 2. The molecule has 1 atom stereocenters. The summed E-state index contributed by atoms with van der Waals surface area (Å²) in [6.07, 6.45) is 0.277. The molecular weight excluding hydrogens is 204 g/mol. The van der Waals surface area contributed by atoms with Gasteiger partial charge < -0.3 is 15.7 Å². The van der Waals surface area contributed by atoms with E-state index >= 15 is 0 Å². The maximum atomic E-state index is 12.1. The first-order chi connectivity index (χ1) is 7.56. The first kappa shape index (κ1) is 11.0. The van der Waals surface area contributed by atoms with E-state index in [-0.39, 0.29) is 12.0 Å². The second kappa shape index (κ2) is 4.14. The second-order valence-corrected chi connectivity index (χ2v) is 4.33. The number of likely N-dealkylation sites (tertiary alicyclic amines) is 1. The number of carbonyl (C=O) groups excluding carboxylic acids is 1. The number of rotatable bonds is 1. The number of aliphatic hydroxyl groups excluding tert-OH is 1. The van der Waals surface area contributed by atoms with Crippen LogP contribution in [0.4, 0.5) is 5.69 Å². The van der Waals surface area contributed by atoms with Gasteiger partial charge in [0.1, 0.15) is 0 Å². The summed E-state index contributed by atoms with van der Waals surface area (Å²) in [6.45, 7) is 2.95. The fourth-order valence-corrected chi connectivity index (χ4v) is 2.05. The Morgan fingerprint density at radius 2 is 2.25 bits per heavy atom. The van der Waals surface area contributed by atoms with Crippen LogP contribution in [0.3, 0.4) is 0 Å². The number of hydrogen-bond acceptors (Lipinski definition) is 3. The molecule has 3 N–H and O–H groups in total. The minimum absolute atomic E-state index is 0.0491. The molecule has 1 saturated heterocycles. The number of nitrogen functional groups attached to an aromatic ring is 1. The number of aryl methyl sites for hydroxylation is 1. The Morgan fingerprint density at radius 1 is 1.50 bits per heavy atom. The molecule has 0 radical (unpaired) electrons. The molecule has 1 heterocycles. The lowest BCUT2D eigenvalue weighted by atomic mass is 10.1. The van der Waals surface area contributed by atoms with Gasteiger partial charge in [-0.05, 0) is 37.1 Å². The van der Waals surface area contributed by atoms with Gasteiger partial charge in [-0.1, -0.05) is 0 Å². The highest BCUT2D eigenvalue weighted by molar-refractivity contribution is 5.95. The van der Waals surface area contributed by atoms with Crippen molar-refractivity contribution in [3.8, 4) is 0 Å². The fraction of sp³-hybridized carbons (Fsp3) is 0.417. The van der Waals surface area contributed by atoms with E-state index in [1.165, 1.54) is 0 Å². The lowest BCUT2D eigenvalue weighted by Gasteiger charge is -2.16.